The van der Waals surface area contributed by atoms with Crippen LogP contribution in [0.4, 0.5) is 0 Å². The van der Waals surface area contributed by atoms with E-state index >= 15 is 0 Å². The van der Waals surface area contributed by atoms with Gasteiger partial charge in [0.25, 0.3) is 0 Å². The molecule has 1 atom stereocenters. The van der Waals surface area contributed by atoms with Crippen molar-refractivity contribution in [2.24, 2.45) is 0 Å². The van der Waals surface area contributed by atoms with Crippen LogP contribution in [-0.4, -0.2) is 28.1 Å². The predicted molar refractivity (Wildman–Crippen MR) is 75.1 cm³/mol. The van der Waals surface area contributed by atoms with Crippen molar-refractivity contribution in [3.8, 4) is 11.3 Å². The normalized spacial score (nSPS) is 15.8. The zero-order valence-corrected chi connectivity index (χ0v) is 11.2. The lowest BCUT2D eigenvalue weighted by Crippen LogP contribution is -2.17. The molecule has 1 unspecified atom stereocenters. The first-order valence-electron chi connectivity index (χ1n) is 6.43. The SMILES string of the molecule is C=c1[nH]n(CC(C)O)c2cc3c(c1-2)CC=CC=3OC. The highest BCUT2D eigenvalue weighted by molar-refractivity contribution is 5.73. The summed E-state index contributed by atoms with van der Waals surface area (Å²) in [7, 11) is 1.69. The Morgan fingerprint density at radius 2 is 2.37 bits per heavy atom. The fourth-order valence-electron chi connectivity index (χ4n) is 2.81. The van der Waals surface area contributed by atoms with Gasteiger partial charge in [0, 0.05) is 10.8 Å². The average Bonchev–Trinajstić information content (AvgIpc) is 2.88. The Morgan fingerprint density at radius 1 is 1.58 bits per heavy atom. The summed E-state index contributed by atoms with van der Waals surface area (Å²) in [5.74, 6) is 0.889. The van der Waals surface area contributed by atoms with Crippen molar-refractivity contribution in [1.29, 1.82) is 0 Å². The molecule has 0 radical (unpaired) electrons. The predicted octanol–water partition coefficient (Wildman–Crippen LogP) is 0.579. The Hall–Kier alpha value is -1.94. The van der Waals surface area contributed by atoms with E-state index in [1.807, 2.05) is 10.8 Å². The zero-order chi connectivity index (χ0) is 13.6. The molecule has 0 aromatic carbocycles. The highest BCUT2D eigenvalue weighted by atomic mass is 16.5. The minimum Gasteiger partial charge on any atom is -0.496 e. The van der Waals surface area contributed by atoms with E-state index in [0.717, 1.165) is 34.0 Å². The number of aromatic nitrogens is 2. The third kappa shape index (κ3) is 1.79. The summed E-state index contributed by atoms with van der Waals surface area (Å²) in [5, 5.41) is 14.8. The fraction of sp³-hybridized carbons (Fsp3) is 0.333. The molecule has 0 aromatic rings. The largest absolute Gasteiger partial charge is 0.496 e. The molecular formula is C15H18N2O2. The van der Waals surface area contributed by atoms with E-state index in [-0.39, 0.29) is 0 Å². The van der Waals surface area contributed by atoms with E-state index in [9.17, 15) is 5.11 Å². The standard InChI is InChI=1S/C15H18N2O2/c1-9(18)8-17-13-7-12-11(15(13)10(2)16-17)5-4-6-14(12)19-3/h4,6-7,9,16,18H,2,5,8H2,1,3H3. The molecule has 0 saturated carbocycles. The van der Waals surface area contributed by atoms with E-state index in [1.165, 1.54) is 5.56 Å². The molecule has 19 heavy (non-hydrogen) atoms. The van der Waals surface area contributed by atoms with Crippen LogP contribution in [0.15, 0.2) is 18.2 Å². The lowest BCUT2D eigenvalue weighted by atomic mass is 10.0. The van der Waals surface area contributed by atoms with Gasteiger partial charge in [-0.2, -0.15) is 0 Å². The summed E-state index contributed by atoms with van der Waals surface area (Å²) in [6.07, 6.45) is 4.60. The number of aliphatic hydroxyl groups is 1. The van der Waals surface area contributed by atoms with Gasteiger partial charge in [-0.15, -0.1) is 0 Å². The van der Waals surface area contributed by atoms with Crippen LogP contribution in [0.1, 0.15) is 12.5 Å². The maximum atomic E-state index is 9.57. The van der Waals surface area contributed by atoms with Crippen LogP contribution in [-0.2, 0) is 17.7 Å². The second kappa shape index (κ2) is 4.31. The van der Waals surface area contributed by atoms with Crippen LogP contribution >= 0.6 is 0 Å². The van der Waals surface area contributed by atoms with Crippen LogP contribution in [0.25, 0.3) is 23.6 Å². The maximum Gasteiger partial charge on any atom is 0.126 e. The average molecular weight is 258 g/mol. The molecule has 3 rings (SSSR count). The zero-order valence-electron chi connectivity index (χ0n) is 11.2. The molecule has 0 spiro atoms. The van der Waals surface area contributed by atoms with Gasteiger partial charge in [0.2, 0.25) is 0 Å². The molecule has 0 fully saturated rings. The van der Waals surface area contributed by atoms with Gasteiger partial charge < -0.3 is 9.84 Å². The van der Waals surface area contributed by atoms with Gasteiger partial charge in [-0.05, 0) is 31.1 Å². The van der Waals surface area contributed by atoms with E-state index in [0.29, 0.717) is 6.54 Å². The van der Waals surface area contributed by atoms with Crippen molar-refractivity contribution in [3.05, 3.63) is 34.3 Å². The Labute approximate surface area is 111 Å². The summed E-state index contributed by atoms with van der Waals surface area (Å²) < 4.78 is 7.37. The van der Waals surface area contributed by atoms with Gasteiger partial charge in [0.1, 0.15) is 5.76 Å². The van der Waals surface area contributed by atoms with Gasteiger partial charge in [-0.3, -0.25) is 9.78 Å². The van der Waals surface area contributed by atoms with E-state index in [2.05, 4.69) is 23.8 Å². The summed E-state index contributed by atoms with van der Waals surface area (Å²) >= 11 is 0. The van der Waals surface area contributed by atoms with Crippen molar-refractivity contribution in [2.75, 3.05) is 7.11 Å². The number of fused-ring (bicyclic) bond motifs is 3. The molecule has 2 aliphatic carbocycles. The third-order valence-corrected chi connectivity index (χ3v) is 3.55. The lowest BCUT2D eigenvalue weighted by molar-refractivity contribution is 0.169. The molecule has 1 heterocycles. The number of aromatic amines is 1. The first kappa shape index (κ1) is 12.1. The number of nitrogens with zero attached hydrogens (tertiary/aromatic N) is 1. The Bertz CT molecular complexity index is 718. The minimum absolute atomic E-state index is 0.401. The van der Waals surface area contributed by atoms with E-state index in [4.69, 9.17) is 4.74 Å². The van der Waals surface area contributed by atoms with Crippen LogP contribution in [0.3, 0.4) is 0 Å². The number of methoxy groups -OCH3 is 1. The molecule has 3 aliphatic rings. The molecule has 0 bridgehead atoms. The monoisotopic (exact) mass is 258 g/mol. The van der Waals surface area contributed by atoms with Crippen LogP contribution < -0.4 is 10.6 Å². The Balaban J connectivity index is 2.28. The first-order valence-corrected chi connectivity index (χ1v) is 6.43. The van der Waals surface area contributed by atoms with Crippen molar-refractivity contribution in [2.45, 2.75) is 26.0 Å². The number of aliphatic hydroxyl groups excluding tert-OH is 1. The van der Waals surface area contributed by atoms with Gasteiger partial charge >= 0.3 is 0 Å². The van der Waals surface area contributed by atoms with Gasteiger partial charge in [-0.1, -0.05) is 12.7 Å². The number of rotatable bonds is 3. The highest BCUT2D eigenvalue weighted by Crippen LogP contribution is 2.24. The molecule has 4 heteroatoms. The molecule has 2 N–H and O–H groups in total. The summed E-state index contributed by atoms with van der Waals surface area (Å²) in [6, 6.07) is 2.11. The third-order valence-electron chi connectivity index (χ3n) is 3.55. The lowest BCUT2D eigenvalue weighted by Gasteiger charge is -2.07. The van der Waals surface area contributed by atoms with Gasteiger partial charge in [-0.25, -0.2) is 0 Å². The molecule has 1 aliphatic heterocycles. The number of allylic oxidation sites excluding steroid dienone is 1. The van der Waals surface area contributed by atoms with Crippen LogP contribution in [0, 0.1) is 0 Å². The minimum atomic E-state index is -0.401. The molecule has 0 aromatic heterocycles. The molecule has 0 saturated heterocycles. The first-order chi connectivity index (χ1) is 9.11. The molecule has 0 amide bonds. The number of ether oxygens (including phenoxy) is 1. The Morgan fingerprint density at radius 3 is 3.05 bits per heavy atom. The second-order valence-corrected chi connectivity index (χ2v) is 5.02. The second-order valence-electron chi connectivity index (χ2n) is 5.02. The maximum absolute atomic E-state index is 9.57. The number of nitrogens with one attached hydrogen (secondary N) is 1. The van der Waals surface area contributed by atoms with Crippen LogP contribution in [0.5, 0.6) is 0 Å². The topological polar surface area (TPSA) is 50.2 Å². The highest BCUT2D eigenvalue weighted by Gasteiger charge is 2.21. The van der Waals surface area contributed by atoms with Crippen molar-refractivity contribution >= 4 is 12.3 Å². The van der Waals surface area contributed by atoms with Crippen molar-refractivity contribution in [1.82, 2.24) is 9.78 Å². The smallest absolute Gasteiger partial charge is 0.126 e. The van der Waals surface area contributed by atoms with Crippen molar-refractivity contribution in [3.63, 3.8) is 0 Å². The van der Waals surface area contributed by atoms with E-state index < -0.39 is 6.10 Å². The Kier molecular flexibility index (Phi) is 2.75. The van der Waals surface area contributed by atoms with Crippen molar-refractivity contribution < 1.29 is 9.84 Å². The summed E-state index contributed by atoms with van der Waals surface area (Å²) in [5.41, 5.74) is 3.48. The number of hydrogen-bond acceptors (Lipinski definition) is 2. The van der Waals surface area contributed by atoms with Gasteiger partial charge in [0.15, 0.2) is 0 Å². The van der Waals surface area contributed by atoms with Crippen LogP contribution in [0.2, 0.25) is 0 Å². The molecular weight excluding hydrogens is 240 g/mol. The van der Waals surface area contributed by atoms with Gasteiger partial charge in [0.05, 0.1) is 30.8 Å². The summed E-state index contributed by atoms with van der Waals surface area (Å²) in [6.45, 7) is 6.39. The number of hydrogen-bond donors (Lipinski definition) is 2. The summed E-state index contributed by atoms with van der Waals surface area (Å²) in [4.78, 5) is 0. The fourth-order valence-corrected chi connectivity index (χ4v) is 2.81. The molecule has 100 valence electrons. The quantitative estimate of drug-likeness (QED) is 0.846. The van der Waals surface area contributed by atoms with E-state index in [1.54, 1.807) is 14.0 Å². The number of H-pyrrole nitrogens is 1. The molecule has 4 nitrogen and oxygen atoms in total.